The van der Waals surface area contributed by atoms with Crippen molar-refractivity contribution in [2.24, 2.45) is 0 Å². The van der Waals surface area contributed by atoms with Crippen LogP contribution >= 0.6 is 11.3 Å². The number of aromatic nitrogens is 3. The highest BCUT2D eigenvalue weighted by Crippen LogP contribution is 2.31. The van der Waals surface area contributed by atoms with Crippen LogP contribution in [-0.2, 0) is 23.4 Å². The highest BCUT2D eigenvalue weighted by atomic mass is 32.1. The van der Waals surface area contributed by atoms with Crippen molar-refractivity contribution < 1.29 is 9.21 Å². The lowest BCUT2D eigenvalue weighted by Crippen LogP contribution is -2.54. The molecule has 1 aliphatic rings. The maximum Gasteiger partial charge on any atom is 0.246 e. The summed E-state index contributed by atoms with van der Waals surface area (Å²) in [5.74, 6) is 0.765. The Hall–Kier alpha value is -2.45. The normalized spacial score (nSPS) is 17.2. The molecule has 1 N–H and O–H groups in total. The highest BCUT2D eigenvalue weighted by Gasteiger charge is 2.42. The lowest BCUT2D eigenvalue weighted by Gasteiger charge is -2.41. The van der Waals surface area contributed by atoms with Crippen LogP contribution in [0.4, 0.5) is 0 Å². The molecule has 8 heteroatoms. The van der Waals surface area contributed by atoms with E-state index in [0.717, 1.165) is 43.2 Å². The van der Waals surface area contributed by atoms with Gasteiger partial charge >= 0.3 is 0 Å². The Morgan fingerprint density at radius 2 is 2.23 bits per heavy atom. The van der Waals surface area contributed by atoms with Gasteiger partial charge in [-0.2, -0.15) is 0 Å². The van der Waals surface area contributed by atoms with Crippen molar-refractivity contribution in [3.8, 4) is 0 Å². The van der Waals surface area contributed by atoms with E-state index in [1.165, 1.54) is 0 Å². The number of hydrogen-bond acceptors (Lipinski definition) is 6. The van der Waals surface area contributed by atoms with Crippen LogP contribution in [-0.4, -0.2) is 38.4 Å². The van der Waals surface area contributed by atoms with Gasteiger partial charge in [-0.15, -0.1) is 11.3 Å². The van der Waals surface area contributed by atoms with Gasteiger partial charge in [-0.25, -0.2) is 9.97 Å². The summed E-state index contributed by atoms with van der Waals surface area (Å²) < 4.78 is 7.27. The van der Waals surface area contributed by atoms with Crippen LogP contribution in [0.1, 0.15) is 23.6 Å². The smallest absolute Gasteiger partial charge is 0.246 e. The molecule has 0 aliphatic carbocycles. The molecule has 0 radical (unpaired) electrons. The number of carbonyl (C=O) groups is 1. The van der Waals surface area contributed by atoms with Gasteiger partial charge in [0, 0.05) is 37.1 Å². The van der Waals surface area contributed by atoms with Crippen molar-refractivity contribution in [3.05, 3.63) is 59.5 Å². The summed E-state index contributed by atoms with van der Waals surface area (Å²) in [5, 5.41) is 6.14. The van der Waals surface area contributed by atoms with Gasteiger partial charge in [0.25, 0.3) is 0 Å². The second-order valence-corrected chi connectivity index (χ2v) is 7.44. The third-order valence-electron chi connectivity index (χ3n) is 4.95. The Morgan fingerprint density at radius 1 is 1.35 bits per heavy atom. The van der Waals surface area contributed by atoms with E-state index in [-0.39, 0.29) is 5.91 Å². The van der Waals surface area contributed by atoms with E-state index in [0.29, 0.717) is 6.54 Å². The molecule has 0 bridgehead atoms. The Labute approximate surface area is 155 Å². The number of rotatable bonds is 6. The van der Waals surface area contributed by atoms with Crippen molar-refractivity contribution in [1.29, 1.82) is 0 Å². The number of hydrogen-bond donors (Lipinski definition) is 1. The molecule has 0 aromatic carbocycles. The van der Waals surface area contributed by atoms with Crippen LogP contribution < -0.4 is 5.32 Å². The SMILES string of the molecule is O=C(NCc1ccco1)C1(n2ccnc2)CCN(Cc2nccs2)CC1. The minimum Gasteiger partial charge on any atom is -0.467 e. The van der Waals surface area contributed by atoms with Crippen LogP contribution in [0.3, 0.4) is 0 Å². The summed E-state index contributed by atoms with van der Waals surface area (Å²) in [7, 11) is 0. The molecule has 3 aromatic heterocycles. The number of carbonyl (C=O) groups excluding carboxylic acids is 1. The number of amides is 1. The number of thiazole rings is 1. The third kappa shape index (κ3) is 3.42. The molecule has 7 nitrogen and oxygen atoms in total. The Morgan fingerprint density at radius 3 is 2.88 bits per heavy atom. The topological polar surface area (TPSA) is 76.2 Å². The zero-order valence-corrected chi connectivity index (χ0v) is 15.2. The lowest BCUT2D eigenvalue weighted by molar-refractivity contribution is -0.133. The van der Waals surface area contributed by atoms with Gasteiger partial charge in [0.05, 0.1) is 25.7 Å². The second kappa shape index (κ2) is 7.43. The second-order valence-electron chi connectivity index (χ2n) is 6.47. The zero-order chi connectivity index (χ0) is 17.8. The summed E-state index contributed by atoms with van der Waals surface area (Å²) in [6, 6.07) is 3.69. The molecule has 1 saturated heterocycles. The van der Waals surface area contributed by atoms with E-state index in [2.05, 4.69) is 20.2 Å². The van der Waals surface area contributed by atoms with Crippen LogP contribution in [0.2, 0.25) is 0 Å². The van der Waals surface area contributed by atoms with Crippen LogP contribution in [0, 0.1) is 0 Å². The molecule has 4 rings (SSSR count). The number of piperidine rings is 1. The number of imidazole rings is 1. The van der Waals surface area contributed by atoms with E-state index in [4.69, 9.17) is 4.42 Å². The molecule has 26 heavy (non-hydrogen) atoms. The van der Waals surface area contributed by atoms with Crippen LogP contribution in [0.15, 0.2) is 53.1 Å². The van der Waals surface area contributed by atoms with Crippen molar-refractivity contribution >= 4 is 17.2 Å². The monoisotopic (exact) mass is 371 g/mol. The maximum absolute atomic E-state index is 13.1. The molecule has 0 unspecified atom stereocenters. The van der Waals surface area contributed by atoms with E-state index in [1.807, 2.05) is 34.5 Å². The van der Waals surface area contributed by atoms with Gasteiger partial charge in [-0.05, 0) is 25.0 Å². The van der Waals surface area contributed by atoms with Crippen LogP contribution in [0.25, 0.3) is 0 Å². The standard InChI is InChI=1S/C18H21N5O2S/c24-17(21-12-15-2-1-10-25-15)18(23-9-5-19-14-23)3-7-22(8-4-18)13-16-20-6-11-26-16/h1-2,5-6,9-11,14H,3-4,7-8,12-13H2,(H,21,24). The number of likely N-dealkylation sites (tertiary alicyclic amines) is 1. The predicted octanol–water partition coefficient (Wildman–Crippen LogP) is 2.24. The van der Waals surface area contributed by atoms with Gasteiger partial charge < -0.3 is 14.3 Å². The van der Waals surface area contributed by atoms with E-state index >= 15 is 0 Å². The Bertz CT molecular complexity index is 806. The molecular weight excluding hydrogens is 350 g/mol. The van der Waals surface area contributed by atoms with E-state index in [9.17, 15) is 4.79 Å². The molecular formula is C18H21N5O2S. The molecule has 0 saturated carbocycles. The molecule has 1 amide bonds. The summed E-state index contributed by atoms with van der Waals surface area (Å²) in [4.78, 5) is 24.0. The first-order chi connectivity index (χ1) is 12.8. The average molecular weight is 371 g/mol. The fraction of sp³-hybridized carbons (Fsp3) is 0.389. The summed E-state index contributed by atoms with van der Waals surface area (Å²) in [6.07, 6.45) is 10.3. The first kappa shape index (κ1) is 17.0. The zero-order valence-electron chi connectivity index (χ0n) is 14.4. The summed E-state index contributed by atoms with van der Waals surface area (Å²) in [6.45, 7) is 2.91. The van der Waals surface area contributed by atoms with Gasteiger partial charge in [0.15, 0.2) is 0 Å². The van der Waals surface area contributed by atoms with Crippen LogP contribution in [0.5, 0.6) is 0 Å². The van der Waals surface area contributed by atoms with E-state index in [1.54, 1.807) is 30.1 Å². The lowest BCUT2D eigenvalue weighted by atomic mass is 9.86. The van der Waals surface area contributed by atoms with Gasteiger partial charge in [-0.1, -0.05) is 0 Å². The number of nitrogens with one attached hydrogen (secondary N) is 1. The molecule has 1 aliphatic heterocycles. The van der Waals surface area contributed by atoms with Gasteiger partial charge in [-0.3, -0.25) is 9.69 Å². The van der Waals surface area contributed by atoms with E-state index < -0.39 is 5.54 Å². The van der Waals surface area contributed by atoms with Crippen molar-refractivity contribution in [2.45, 2.75) is 31.5 Å². The minimum absolute atomic E-state index is 0.0146. The van der Waals surface area contributed by atoms with Crippen molar-refractivity contribution in [3.63, 3.8) is 0 Å². The molecule has 3 aromatic rings. The van der Waals surface area contributed by atoms with Crippen molar-refractivity contribution in [2.75, 3.05) is 13.1 Å². The van der Waals surface area contributed by atoms with Crippen molar-refractivity contribution in [1.82, 2.24) is 24.8 Å². The first-order valence-electron chi connectivity index (χ1n) is 8.66. The van der Waals surface area contributed by atoms with Gasteiger partial charge in [0.1, 0.15) is 16.3 Å². The number of nitrogens with zero attached hydrogens (tertiary/aromatic N) is 4. The third-order valence-corrected chi connectivity index (χ3v) is 5.71. The maximum atomic E-state index is 13.1. The predicted molar refractivity (Wildman–Crippen MR) is 97.4 cm³/mol. The highest BCUT2D eigenvalue weighted by molar-refractivity contribution is 7.09. The largest absolute Gasteiger partial charge is 0.467 e. The first-order valence-corrected chi connectivity index (χ1v) is 9.54. The molecule has 1 fully saturated rings. The molecule has 4 heterocycles. The fourth-order valence-corrected chi connectivity index (χ4v) is 4.12. The minimum atomic E-state index is -0.609. The quantitative estimate of drug-likeness (QED) is 0.719. The summed E-state index contributed by atoms with van der Waals surface area (Å²) in [5.41, 5.74) is -0.609. The molecule has 0 atom stereocenters. The summed E-state index contributed by atoms with van der Waals surface area (Å²) >= 11 is 1.67. The molecule has 136 valence electrons. The Balaban J connectivity index is 1.46. The number of furan rings is 1. The fourth-order valence-electron chi connectivity index (χ4n) is 3.46. The Kier molecular flexibility index (Phi) is 4.85. The molecule has 0 spiro atoms. The average Bonchev–Trinajstić information content (AvgIpc) is 3.43. The van der Waals surface area contributed by atoms with Gasteiger partial charge in [0.2, 0.25) is 5.91 Å².